The highest BCUT2D eigenvalue weighted by Gasteiger charge is 2.26. The molecule has 1 aromatic rings. The maximum Gasteiger partial charge on any atom is 0.243 e. The standard InChI is InChI=1S/C13H22N2O2S/c1-5-10(3)15(4)18(16,17)13-9-12(14)8-7-11(13)6-2/h7-10H,5-6,14H2,1-4H3. The fourth-order valence-corrected chi connectivity index (χ4v) is 3.51. The van der Waals surface area contributed by atoms with Crippen LogP contribution in [0.25, 0.3) is 0 Å². The van der Waals surface area contributed by atoms with E-state index in [-0.39, 0.29) is 6.04 Å². The molecule has 2 N–H and O–H groups in total. The summed E-state index contributed by atoms with van der Waals surface area (Å²) in [6.45, 7) is 5.81. The predicted octanol–water partition coefficient (Wildman–Crippen LogP) is 2.25. The van der Waals surface area contributed by atoms with Gasteiger partial charge in [0.1, 0.15) is 0 Å². The van der Waals surface area contributed by atoms with Crippen molar-refractivity contribution < 1.29 is 8.42 Å². The first-order valence-corrected chi connectivity index (χ1v) is 7.65. The first-order valence-electron chi connectivity index (χ1n) is 6.21. The van der Waals surface area contributed by atoms with Gasteiger partial charge in [-0.15, -0.1) is 0 Å². The first-order chi connectivity index (χ1) is 8.34. The Morgan fingerprint density at radius 3 is 2.44 bits per heavy atom. The minimum absolute atomic E-state index is 0.0267. The van der Waals surface area contributed by atoms with Gasteiger partial charge in [0.25, 0.3) is 0 Å². The Morgan fingerprint density at radius 2 is 1.94 bits per heavy atom. The summed E-state index contributed by atoms with van der Waals surface area (Å²) >= 11 is 0. The van der Waals surface area contributed by atoms with Gasteiger partial charge in [-0.25, -0.2) is 8.42 Å². The molecule has 1 unspecified atom stereocenters. The van der Waals surface area contributed by atoms with Gasteiger partial charge in [0.15, 0.2) is 0 Å². The van der Waals surface area contributed by atoms with Crippen LogP contribution in [-0.2, 0) is 16.4 Å². The summed E-state index contributed by atoms with van der Waals surface area (Å²) in [5.41, 5.74) is 6.98. The molecule has 5 heteroatoms. The van der Waals surface area contributed by atoms with E-state index in [1.54, 1.807) is 25.2 Å². The molecule has 0 amide bonds. The van der Waals surface area contributed by atoms with E-state index in [2.05, 4.69) is 0 Å². The largest absolute Gasteiger partial charge is 0.399 e. The minimum Gasteiger partial charge on any atom is -0.399 e. The molecule has 0 aliphatic rings. The van der Waals surface area contributed by atoms with Crippen LogP contribution < -0.4 is 5.73 Å². The van der Waals surface area contributed by atoms with Crippen LogP contribution in [0, 0.1) is 0 Å². The maximum absolute atomic E-state index is 12.5. The Bertz CT molecular complexity index is 512. The van der Waals surface area contributed by atoms with E-state index in [1.165, 1.54) is 4.31 Å². The highest BCUT2D eigenvalue weighted by molar-refractivity contribution is 7.89. The molecule has 1 rings (SSSR count). The second kappa shape index (κ2) is 5.71. The van der Waals surface area contributed by atoms with Gasteiger partial charge in [0.05, 0.1) is 4.90 Å². The predicted molar refractivity (Wildman–Crippen MR) is 74.9 cm³/mol. The average Bonchev–Trinajstić information content (AvgIpc) is 2.36. The fourth-order valence-electron chi connectivity index (χ4n) is 1.75. The van der Waals surface area contributed by atoms with Gasteiger partial charge in [-0.05, 0) is 37.5 Å². The molecule has 0 bridgehead atoms. The summed E-state index contributed by atoms with van der Waals surface area (Å²) in [6, 6.07) is 5.04. The first kappa shape index (κ1) is 15.0. The van der Waals surface area contributed by atoms with Crippen LogP contribution in [0.5, 0.6) is 0 Å². The highest BCUT2D eigenvalue weighted by atomic mass is 32.2. The van der Waals surface area contributed by atoms with Gasteiger partial charge >= 0.3 is 0 Å². The Balaban J connectivity index is 3.31. The second-order valence-corrected chi connectivity index (χ2v) is 6.47. The molecular formula is C13H22N2O2S. The lowest BCUT2D eigenvalue weighted by Crippen LogP contribution is -2.35. The summed E-state index contributed by atoms with van der Waals surface area (Å²) < 4.78 is 26.5. The van der Waals surface area contributed by atoms with E-state index < -0.39 is 10.0 Å². The number of nitrogen functional groups attached to an aromatic ring is 1. The zero-order valence-corrected chi connectivity index (χ0v) is 12.3. The number of nitrogens with zero attached hydrogens (tertiary/aromatic N) is 1. The summed E-state index contributed by atoms with van der Waals surface area (Å²) in [4.78, 5) is 0.327. The third-order valence-corrected chi connectivity index (χ3v) is 5.39. The van der Waals surface area contributed by atoms with E-state index in [0.29, 0.717) is 17.0 Å². The molecule has 0 heterocycles. The van der Waals surface area contributed by atoms with Gasteiger partial charge in [0.2, 0.25) is 10.0 Å². The smallest absolute Gasteiger partial charge is 0.243 e. The molecule has 1 atom stereocenters. The number of aryl methyl sites for hydroxylation is 1. The van der Waals surface area contributed by atoms with E-state index in [4.69, 9.17) is 5.73 Å². The number of nitrogens with two attached hydrogens (primary N) is 1. The van der Waals surface area contributed by atoms with E-state index in [1.807, 2.05) is 20.8 Å². The Kier molecular flexibility index (Phi) is 4.76. The molecule has 4 nitrogen and oxygen atoms in total. The monoisotopic (exact) mass is 270 g/mol. The SMILES string of the molecule is CCc1ccc(N)cc1S(=O)(=O)N(C)C(C)CC. The van der Waals surface area contributed by atoms with Gasteiger partial charge < -0.3 is 5.73 Å². The Hall–Kier alpha value is -1.07. The number of hydrogen-bond donors (Lipinski definition) is 1. The summed E-state index contributed by atoms with van der Waals surface area (Å²) in [6.07, 6.45) is 1.45. The molecule has 0 spiro atoms. The molecule has 1 aromatic carbocycles. The zero-order valence-electron chi connectivity index (χ0n) is 11.5. The topological polar surface area (TPSA) is 63.4 Å². The van der Waals surface area contributed by atoms with Gasteiger partial charge in [-0.1, -0.05) is 19.9 Å². The molecule has 18 heavy (non-hydrogen) atoms. The van der Waals surface area contributed by atoms with Gasteiger partial charge in [-0.2, -0.15) is 4.31 Å². The number of sulfonamides is 1. The van der Waals surface area contributed by atoms with Crippen LogP contribution in [0.4, 0.5) is 5.69 Å². The van der Waals surface area contributed by atoms with Crippen LogP contribution >= 0.6 is 0 Å². The lowest BCUT2D eigenvalue weighted by molar-refractivity contribution is 0.380. The third-order valence-electron chi connectivity index (χ3n) is 3.34. The lowest BCUT2D eigenvalue weighted by atomic mass is 10.1. The van der Waals surface area contributed by atoms with Gasteiger partial charge in [0, 0.05) is 18.8 Å². The van der Waals surface area contributed by atoms with Crippen LogP contribution in [0.3, 0.4) is 0 Å². The number of anilines is 1. The summed E-state index contributed by atoms with van der Waals surface area (Å²) in [7, 11) is -1.85. The van der Waals surface area contributed by atoms with Crippen molar-refractivity contribution in [2.45, 2.75) is 44.6 Å². The number of benzene rings is 1. The van der Waals surface area contributed by atoms with Crippen molar-refractivity contribution in [2.75, 3.05) is 12.8 Å². The molecule has 0 aromatic heterocycles. The van der Waals surface area contributed by atoms with Crippen molar-refractivity contribution in [1.82, 2.24) is 4.31 Å². The third kappa shape index (κ3) is 2.84. The highest BCUT2D eigenvalue weighted by Crippen LogP contribution is 2.24. The number of hydrogen-bond acceptors (Lipinski definition) is 3. The molecule has 0 saturated heterocycles. The second-order valence-electron chi connectivity index (χ2n) is 4.50. The Morgan fingerprint density at radius 1 is 1.33 bits per heavy atom. The molecule has 102 valence electrons. The molecule has 0 fully saturated rings. The van der Waals surface area contributed by atoms with E-state index in [0.717, 1.165) is 12.0 Å². The zero-order chi connectivity index (χ0) is 13.9. The minimum atomic E-state index is -3.46. The van der Waals surface area contributed by atoms with E-state index >= 15 is 0 Å². The summed E-state index contributed by atoms with van der Waals surface area (Å²) in [5.74, 6) is 0. The molecule has 0 aliphatic heterocycles. The number of rotatable bonds is 5. The summed E-state index contributed by atoms with van der Waals surface area (Å²) in [5, 5.41) is 0. The Labute approximate surface area is 110 Å². The van der Waals surface area contributed by atoms with Crippen molar-refractivity contribution >= 4 is 15.7 Å². The lowest BCUT2D eigenvalue weighted by Gasteiger charge is -2.24. The normalized spacial score (nSPS) is 13.8. The van der Waals surface area contributed by atoms with Crippen LogP contribution in [0.2, 0.25) is 0 Å². The average molecular weight is 270 g/mol. The quantitative estimate of drug-likeness (QED) is 0.835. The molecule has 0 radical (unpaired) electrons. The van der Waals surface area contributed by atoms with Crippen LogP contribution in [0.1, 0.15) is 32.8 Å². The van der Waals surface area contributed by atoms with Crippen LogP contribution in [-0.4, -0.2) is 25.8 Å². The van der Waals surface area contributed by atoms with Crippen molar-refractivity contribution in [1.29, 1.82) is 0 Å². The molecular weight excluding hydrogens is 248 g/mol. The van der Waals surface area contributed by atoms with Crippen molar-refractivity contribution in [3.05, 3.63) is 23.8 Å². The van der Waals surface area contributed by atoms with Crippen molar-refractivity contribution in [2.24, 2.45) is 0 Å². The van der Waals surface area contributed by atoms with Crippen molar-refractivity contribution in [3.8, 4) is 0 Å². The van der Waals surface area contributed by atoms with Crippen LogP contribution in [0.15, 0.2) is 23.1 Å². The maximum atomic E-state index is 12.5. The van der Waals surface area contributed by atoms with Gasteiger partial charge in [-0.3, -0.25) is 0 Å². The van der Waals surface area contributed by atoms with E-state index in [9.17, 15) is 8.42 Å². The molecule has 0 aliphatic carbocycles. The fraction of sp³-hybridized carbons (Fsp3) is 0.538. The molecule has 0 saturated carbocycles. The van der Waals surface area contributed by atoms with Crippen molar-refractivity contribution in [3.63, 3.8) is 0 Å².